The molecule has 1 atom stereocenters. The molecule has 2 aromatic carbocycles. The van der Waals surface area contributed by atoms with E-state index < -0.39 is 0 Å². The number of methoxy groups -OCH3 is 2. The van der Waals surface area contributed by atoms with Gasteiger partial charge in [-0.2, -0.15) is 0 Å². The second-order valence-corrected chi connectivity index (χ2v) is 5.42. The van der Waals surface area contributed by atoms with E-state index in [9.17, 15) is 0 Å². The number of hydrogen-bond acceptors (Lipinski definition) is 3. The molecule has 0 saturated heterocycles. The van der Waals surface area contributed by atoms with Crippen LogP contribution in [0.2, 0.25) is 5.02 Å². The molecule has 4 heteroatoms. The summed E-state index contributed by atoms with van der Waals surface area (Å²) in [7, 11) is 3.19. The number of ether oxygens (including phenoxy) is 2. The smallest absolute Gasteiger partial charge is 0.149 e. The highest BCUT2D eigenvalue weighted by molar-refractivity contribution is 6.34. The molecule has 2 aromatic rings. The predicted octanol–water partition coefficient (Wildman–Crippen LogP) is 3.91. The molecular weight excluding hydrogens is 286 g/mol. The van der Waals surface area contributed by atoms with Crippen LogP contribution < -0.4 is 15.2 Å². The van der Waals surface area contributed by atoms with E-state index in [0.717, 1.165) is 17.5 Å². The van der Waals surface area contributed by atoms with Crippen molar-refractivity contribution in [3.63, 3.8) is 0 Å². The van der Waals surface area contributed by atoms with Gasteiger partial charge in [-0.05, 0) is 36.6 Å². The van der Waals surface area contributed by atoms with E-state index in [2.05, 4.69) is 24.3 Å². The minimum atomic E-state index is 0.154. The highest BCUT2D eigenvalue weighted by Crippen LogP contribution is 2.41. The van der Waals surface area contributed by atoms with Gasteiger partial charge in [0, 0.05) is 11.6 Å². The maximum Gasteiger partial charge on any atom is 0.149 e. The number of hydrogen-bond donors (Lipinski definition) is 1. The van der Waals surface area contributed by atoms with Gasteiger partial charge in [0.2, 0.25) is 0 Å². The number of halogens is 1. The van der Waals surface area contributed by atoms with Crippen molar-refractivity contribution in [2.45, 2.75) is 19.4 Å². The minimum Gasteiger partial charge on any atom is -0.495 e. The summed E-state index contributed by atoms with van der Waals surface area (Å²) in [5.74, 6) is 1.22. The lowest BCUT2D eigenvalue weighted by Crippen LogP contribution is -2.17. The molecule has 0 aliphatic carbocycles. The monoisotopic (exact) mass is 305 g/mol. The lowest BCUT2D eigenvalue weighted by Gasteiger charge is -2.14. The third-order valence-corrected chi connectivity index (χ3v) is 3.67. The normalized spacial score (nSPS) is 12.0. The molecular formula is C17H20ClNO2. The summed E-state index contributed by atoms with van der Waals surface area (Å²) in [5.41, 5.74) is 9.02. The summed E-state index contributed by atoms with van der Waals surface area (Å²) in [6.07, 6.45) is 0.862. The molecule has 0 fully saturated rings. The van der Waals surface area contributed by atoms with Gasteiger partial charge in [0.25, 0.3) is 0 Å². The van der Waals surface area contributed by atoms with Gasteiger partial charge in [-0.1, -0.05) is 35.9 Å². The largest absolute Gasteiger partial charge is 0.495 e. The van der Waals surface area contributed by atoms with Crippen LogP contribution in [0.1, 0.15) is 12.5 Å². The van der Waals surface area contributed by atoms with E-state index >= 15 is 0 Å². The number of nitrogens with two attached hydrogens (primary N) is 1. The Morgan fingerprint density at radius 3 is 2.24 bits per heavy atom. The van der Waals surface area contributed by atoms with Gasteiger partial charge in [-0.15, -0.1) is 0 Å². The topological polar surface area (TPSA) is 44.5 Å². The van der Waals surface area contributed by atoms with E-state index in [-0.39, 0.29) is 6.04 Å². The number of rotatable bonds is 5. The number of benzene rings is 2. The van der Waals surface area contributed by atoms with E-state index in [1.54, 1.807) is 14.2 Å². The highest BCUT2D eigenvalue weighted by Gasteiger charge is 2.14. The second-order valence-electron chi connectivity index (χ2n) is 5.04. The van der Waals surface area contributed by atoms with Gasteiger partial charge < -0.3 is 15.2 Å². The maximum absolute atomic E-state index is 6.30. The fraction of sp³-hybridized carbons (Fsp3) is 0.294. The summed E-state index contributed by atoms with van der Waals surface area (Å²) in [6.45, 7) is 2.00. The van der Waals surface area contributed by atoms with Gasteiger partial charge in [0.1, 0.15) is 16.5 Å². The SMILES string of the molecule is COc1ccc(-c2ccc(CC(C)N)cc2)c(OC)c1Cl. The Labute approximate surface area is 130 Å². The van der Waals surface area contributed by atoms with E-state index in [0.29, 0.717) is 16.5 Å². The molecule has 0 spiro atoms. The van der Waals surface area contributed by atoms with Crippen molar-refractivity contribution < 1.29 is 9.47 Å². The second kappa shape index (κ2) is 6.83. The Balaban J connectivity index is 2.40. The van der Waals surface area contributed by atoms with E-state index in [4.69, 9.17) is 26.8 Å². The molecule has 0 bridgehead atoms. The quantitative estimate of drug-likeness (QED) is 0.910. The van der Waals surface area contributed by atoms with Crippen LogP contribution in [-0.4, -0.2) is 20.3 Å². The summed E-state index contributed by atoms with van der Waals surface area (Å²) < 4.78 is 10.7. The van der Waals surface area contributed by atoms with Gasteiger partial charge >= 0.3 is 0 Å². The fourth-order valence-corrected chi connectivity index (χ4v) is 2.63. The molecule has 0 aliphatic heterocycles. The first-order valence-corrected chi connectivity index (χ1v) is 7.20. The van der Waals surface area contributed by atoms with Crippen LogP contribution in [0.5, 0.6) is 11.5 Å². The molecule has 2 rings (SSSR count). The molecule has 1 unspecified atom stereocenters. The molecule has 0 radical (unpaired) electrons. The predicted molar refractivity (Wildman–Crippen MR) is 87.3 cm³/mol. The van der Waals surface area contributed by atoms with E-state index in [1.807, 2.05) is 19.1 Å². The highest BCUT2D eigenvalue weighted by atomic mass is 35.5. The van der Waals surface area contributed by atoms with Crippen molar-refractivity contribution >= 4 is 11.6 Å². The molecule has 0 aromatic heterocycles. The van der Waals surface area contributed by atoms with Crippen molar-refractivity contribution in [1.82, 2.24) is 0 Å². The molecule has 0 saturated carbocycles. The lowest BCUT2D eigenvalue weighted by molar-refractivity contribution is 0.396. The zero-order valence-corrected chi connectivity index (χ0v) is 13.3. The van der Waals surface area contributed by atoms with Crippen molar-refractivity contribution in [1.29, 1.82) is 0 Å². The first-order chi connectivity index (χ1) is 10.1. The molecule has 21 heavy (non-hydrogen) atoms. The molecule has 3 nitrogen and oxygen atoms in total. The zero-order valence-electron chi connectivity index (χ0n) is 12.5. The zero-order chi connectivity index (χ0) is 15.4. The fourth-order valence-electron chi connectivity index (χ4n) is 2.31. The van der Waals surface area contributed by atoms with Crippen LogP contribution in [0.15, 0.2) is 36.4 Å². The first-order valence-electron chi connectivity index (χ1n) is 6.82. The van der Waals surface area contributed by atoms with Gasteiger partial charge in [-0.25, -0.2) is 0 Å². The Bertz CT molecular complexity index is 609. The summed E-state index contributed by atoms with van der Waals surface area (Å²) >= 11 is 6.30. The Hall–Kier alpha value is -1.71. The van der Waals surface area contributed by atoms with Crippen LogP contribution >= 0.6 is 11.6 Å². The molecule has 0 aliphatic rings. The van der Waals surface area contributed by atoms with Gasteiger partial charge in [0.05, 0.1) is 14.2 Å². The Morgan fingerprint density at radius 1 is 1.05 bits per heavy atom. The van der Waals surface area contributed by atoms with Crippen molar-refractivity contribution in [2.75, 3.05) is 14.2 Å². The van der Waals surface area contributed by atoms with Gasteiger partial charge in [-0.3, -0.25) is 0 Å². The van der Waals surface area contributed by atoms with Crippen molar-refractivity contribution in [3.05, 3.63) is 47.0 Å². The molecule has 0 heterocycles. The first kappa shape index (κ1) is 15.7. The third-order valence-electron chi connectivity index (χ3n) is 3.31. The summed E-state index contributed by atoms with van der Waals surface area (Å²) in [5, 5.41) is 0.483. The average Bonchev–Trinajstić information content (AvgIpc) is 2.47. The Kier molecular flexibility index (Phi) is 5.10. The lowest BCUT2D eigenvalue weighted by atomic mass is 10.0. The molecule has 2 N–H and O–H groups in total. The Morgan fingerprint density at radius 2 is 1.71 bits per heavy atom. The summed E-state index contributed by atoms with van der Waals surface area (Å²) in [6, 6.07) is 12.2. The van der Waals surface area contributed by atoms with Crippen LogP contribution in [0.3, 0.4) is 0 Å². The minimum absolute atomic E-state index is 0.154. The van der Waals surface area contributed by atoms with Crippen molar-refractivity contribution in [2.24, 2.45) is 5.73 Å². The molecule has 112 valence electrons. The van der Waals surface area contributed by atoms with Crippen LogP contribution in [0, 0.1) is 0 Å². The van der Waals surface area contributed by atoms with E-state index in [1.165, 1.54) is 5.56 Å². The van der Waals surface area contributed by atoms with Crippen LogP contribution in [0.4, 0.5) is 0 Å². The third kappa shape index (κ3) is 3.49. The average molecular weight is 306 g/mol. The van der Waals surface area contributed by atoms with Crippen LogP contribution in [0.25, 0.3) is 11.1 Å². The van der Waals surface area contributed by atoms with Gasteiger partial charge in [0.15, 0.2) is 0 Å². The maximum atomic E-state index is 6.30. The standard InChI is InChI=1S/C17H20ClNO2/c1-11(19)10-12-4-6-13(7-5-12)14-8-9-15(20-2)16(18)17(14)21-3/h4-9,11H,10,19H2,1-3H3. The summed E-state index contributed by atoms with van der Waals surface area (Å²) in [4.78, 5) is 0. The van der Waals surface area contributed by atoms with Crippen molar-refractivity contribution in [3.8, 4) is 22.6 Å². The molecule has 0 amide bonds. The van der Waals surface area contributed by atoms with Crippen LogP contribution in [-0.2, 0) is 6.42 Å².